The van der Waals surface area contributed by atoms with Crippen LogP contribution in [-0.4, -0.2) is 4.92 Å². The van der Waals surface area contributed by atoms with Crippen LogP contribution in [-0.2, 0) is 13.0 Å². The summed E-state index contributed by atoms with van der Waals surface area (Å²) in [6.45, 7) is 2.59. The molecule has 1 N–H and O–H groups in total. The summed E-state index contributed by atoms with van der Waals surface area (Å²) in [5.41, 5.74) is 2.66. The average Bonchev–Trinajstić information content (AvgIpc) is 2.46. The van der Waals surface area contributed by atoms with Crippen molar-refractivity contribution in [2.75, 3.05) is 5.32 Å². The molecule has 0 amide bonds. The lowest BCUT2D eigenvalue weighted by Gasteiger charge is -2.09. The smallest absolute Gasteiger partial charge is 0.293 e. The Morgan fingerprint density at radius 3 is 2.40 bits per heavy atom. The second-order valence-electron chi connectivity index (χ2n) is 4.41. The van der Waals surface area contributed by atoms with Crippen LogP contribution in [0.1, 0.15) is 18.1 Å². The number of hydrogen-bond acceptors (Lipinski definition) is 3. The third-order valence-electron chi connectivity index (χ3n) is 3.09. The van der Waals surface area contributed by atoms with Gasteiger partial charge in [0.25, 0.3) is 5.69 Å². The van der Waals surface area contributed by atoms with Crippen LogP contribution >= 0.6 is 11.6 Å². The van der Waals surface area contributed by atoms with E-state index >= 15 is 0 Å². The van der Waals surface area contributed by atoms with Gasteiger partial charge in [-0.3, -0.25) is 10.1 Å². The monoisotopic (exact) mass is 290 g/mol. The lowest BCUT2D eigenvalue weighted by atomic mass is 10.1. The standard InChI is InChI=1S/C15H15ClN2O2/c1-2-11-6-8-12(9-7-11)10-17-15-13(16)4-3-5-14(15)18(19)20/h3-9,17H,2,10H2,1H3. The first kappa shape index (κ1) is 14.3. The van der Waals surface area contributed by atoms with Crippen molar-refractivity contribution >= 4 is 23.0 Å². The second kappa shape index (κ2) is 6.39. The largest absolute Gasteiger partial charge is 0.374 e. The van der Waals surface area contributed by atoms with Crippen LogP contribution in [0.5, 0.6) is 0 Å². The summed E-state index contributed by atoms with van der Waals surface area (Å²) in [5.74, 6) is 0. The highest BCUT2D eigenvalue weighted by Crippen LogP contribution is 2.32. The van der Waals surface area contributed by atoms with Gasteiger partial charge >= 0.3 is 0 Å². The molecule has 0 aliphatic heterocycles. The van der Waals surface area contributed by atoms with E-state index in [2.05, 4.69) is 24.4 Å². The van der Waals surface area contributed by atoms with Crippen LogP contribution < -0.4 is 5.32 Å². The first-order valence-corrected chi connectivity index (χ1v) is 6.74. The number of nitro groups is 1. The summed E-state index contributed by atoms with van der Waals surface area (Å²) < 4.78 is 0. The molecule has 20 heavy (non-hydrogen) atoms. The predicted octanol–water partition coefficient (Wildman–Crippen LogP) is 4.42. The number of halogens is 1. The van der Waals surface area contributed by atoms with Gasteiger partial charge in [-0.25, -0.2) is 0 Å². The second-order valence-corrected chi connectivity index (χ2v) is 4.82. The minimum atomic E-state index is -0.436. The lowest BCUT2D eigenvalue weighted by molar-refractivity contribution is -0.383. The van der Waals surface area contributed by atoms with E-state index in [1.807, 2.05) is 12.1 Å². The maximum Gasteiger partial charge on any atom is 0.293 e. The Balaban J connectivity index is 2.16. The van der Waals surface area contributed by atoms with E-state index in [1.165, 1.54) is 11.6 Å². The summed E-state index contributed by atoms with van der Waals surface area (Å²) in [7, 11) is 0. The quantitative estimate of drug-likeness (QED) is 0.655. The summed E-state index contributed by atoms with van der Waals surface area (Å²) in [6.07, 6.45) is 0.990. The molecule has 104 valence electrons. The van der Waals surface area contributed by atoms with E-state index in [4.69, 9.17) is 11.6 Å². The van der Waals surface area contributed by atoms with Crippen LogP contribution in [0.2, 0.25) is 5.02 Å². The van der Waals surface area contributed by atoms with E-state index in [0.29, 0.717) is 17.3 Å². The number of para-hydroxylation sites is 1. The predicted molar refractivity (Wildman–Crippen MR) is 81.3 cm³/mol. The molecule has 0 aromatic heterocycles. The topological polar surface area (TPSA) is 55.2 Å². The molecule has 0 atom stereocenters. The highest BCUT2D eigenvalue weighted by atomic mass is 35.5. The third-order valence-corrected chi connectivity index (χ3v) is 3.40. The molecule has 0 radical (unpaired) electrons. The number of nitrogens with zero attached hydrogens (tertiary/aromatic N) is 1. The number of benzene rings is 2. The Kier molecular flexibility index (Phi) is 4.58. The van der Waals surface area contributed by atoms with Crippen molar-refractivity contribution in [1.29, 1.82) is 0 Å². The van der Waals surface area contributed by atoms with Gasteiger partial charge < -0.3 is 5.32 Å². The van der Waals surface area contributed by atoms with Crippen LogP contribution in [0.25, 0.3) is 0 Å². The highest BCUT2D eigenvalue weighted by molar-refractivity contribution is 6.33. The SMILES string of the molecule is CCc1ccc(CNc2c(Cl)cccc2[N+](=O)[O-])cc1. The molecule has 2 rings (SSSR count). The van der Waals surface area contributed by atoms with Crippen LogP contribution in [0.4, 0.5) is 11.4 Å². The molecular formula is C15H15ClN2O2. The number of anilines is 1. The molecule has 0 saturated heterocycles. The van der Waals surface area contributed by atoms with Gasteiger partial charge in [0.2, 0.25) is 0 Å². The van der Waals surface area contributed by atoms with Gasteiger partial charge in [0.15, 0.2) is 0 Å². The van der Waals surface area contributed by atoms with Crippen LogP contribution in [0.3, 0.4) is 0 Å². The molecular weight excluding hydrogens is 276 g/mol. The summed E-state index contributed by atoms with van der Waals surface area (Å²) >= 11 is 6.02. The maximum absolute atomic E-state index is 11.0. The summed E-state index contributed by atoms with van der Waals surface area (Å²) in [6, 6.07) is 12.8. The van der Waals surface area contributed by atoms with Gasteiger partial charge in [-0.05, 0) is 23.6 Å². The molecule has 0 spiro atoms. The first-order valence-electron chi connectivity index (χ1n) is 6.36. The van der Waals surface area contributed by atoms with Gasteiger partial charge in [-0.15, -0.1) is 0 Å². The molecule has 0 heterocycles. The Morgan fingerprint density at radius 1 is 1.15 bits per heavy atom. The average molecular weight is 291 g/mol. The van der Waals surface area contributed by atoms with Gasteiger partial charge in [0.1, 0.15) is 5.69 Å². The zero-order valence-corrected chi connectivity index (χ0v) is 11.9. The number of nitrogens with one attached hydrogen (secondary N) is 1. The van der Waals surface area contributed by atoms with Crippen LogP contribution in [0, 0.1) is 10.1 Å². The highest BCUT2D eigenvalue weighted by Gasteiger charge is 2.15. The van der Waals surface area contributed by atoms with Crippen molar-refractivity contribution in [2.45, 2.75) is 19.9 Å². The molecule has 0 aliphatic rings. The first-order chi connectivity index (χ1) is 9.61. The molecule has 0 unspecified atom stereocenters. The van der Waals surface area contributed by atoms with E-state index in [0.717, 1.165) is 12.0 Å². The van der Waals surface area contributed by atoms with E-state index in [9.17, 15) is 10.1 Å². The Bertz CT molecular complexity index is 612. The molecule has 0 bridgehead atoms. The summed E-state index contributed by atoms with van der Waals surface area (Å²) in [5, 5.41) is 14.4. The van der Waals surface area contributed by atoms with Crippen molar-refractivity contribution in [2.24, 2.45) is 0 Å². The minimum Gasteiger partial charge on any atom is -0.374 e. The van der Waals surface area contributed by atoms with Crippen molar-refractivity contribution in [3.8, 4) is 0 Å². The van der Waals surface area contributed by atoms with Gasteiger partial charge in [0, 0.05) is 12.6 Å². The van der Waals surface area contributed by atoms with Crippen LogP contribution in [0.15, 0.2) is 42.5 Å². The van der Waals surface area contributed by atoms with E-state index in [1.54, 1.807) is 12.1 Å². The van der Waals surface area contributed by atoms with Gasteiger partial charge in [0.05, 0.1) is 9.95 Å². The fourth-order valence-electron chi connectivity index (χ4n) is 1.92. The number of nitro benzene ring substituents is 1. The maximum atomic E-state index is 11.0. The Hall–Kier alpha value is -2.07. The zero-order chi connectivity index (χ0) is 14.5. The fourth-order valence-corrected chi connectivity index (χ4v) is 2.16. The van der Waals surface area contributed by atoms with E-state index < -0.39 is 4.92 Å². The lowest BCUT2D eigenvalue weighted by Crippen LogP contribution is -2.03. The molecule has 2 aromatic carbocycles. The van der Waals surface area contributed by atoms with Crippen molar-refractivity contribution < 1.29 is 4.92 Å². The molecule has 0 saturated carbocycles. The fraction of sp³-hybridized carbons (Fsp3) is 0.200. The molecule has 5 heteroatoms. The van der Waals surface area contributed by atoms with Crippen molar-refractivity contribution in [3.05, 3.63) is 68.7 Å². The van der Waals surface area contributed by atoms with Crippen molar-refractivity contribution in [1.82, 2.24) is 0 Å². The molecule has 4 nitrogen and oxygen atoms in total. The molecule has 2 aromatic rings. The van der Waals surface area contributed by atoms with Gasteiger partial charge in [-0.2, -0.15) is 0 Å². The third kappa shape index (κ3) is 3.27. The molecule has 0 fully saturated rings. The zero-order valence-electron chi connectivity index (χ0n) is 11.1. The Labute approximate surface area is 122 Å². The Morgan fingerprint density at radius 2 is 1.80 bits per heavy atom. The number of hydrogen-bond donors (Lipinski definition) is 1. The molecule has 0 aliphatic carbocycles. The van der Waals surface area contributed by atoms with Gasteiger partial charge in [-0.1, -0.05) is 48.9 Å². The summed E-state index contributed by atoms with van der Waals surface area (Å²) in [4.78, 5) is 10.5. The minimum absolute atomic E-state index is 0.0114. The normalized spacial score (nSPS) is 10.3. The number of aryl methyl sites for hydroxylation is 1. The number of rotatable bonds is 5. The van der Waals surface area contributed by atoms with E-state index in [-0.39, 0.29) is 5.69 Å². The van der Waals surface area contributed by atoms with Crippen molar-refractivity contribution in [3.63, 3.8) is 0 Å².